The summed E-state index contributed by atoms with van der Waals surface area (Å²) >= 11 is 0. The molecule has 1 saturated carbocycles. The van der Waals surface area contributed by atoms with Crippen molar-refractivity contribution in [3.63, 3.8) is 0 Å². The zero-order valence-electron chi connectivity index (χ0n) is 10.1. The number of nitrogens with one attached hydrogen (secondary N) is 1. The summed E-state index contributed by atoms with van der Waals surface area (Å²) in [5.41, 5.74) is 0. The molecule has 0 aromatic carbocycles. The Morgan fingerprint density at radius 3 is 2.83 bits per heavy atom. The van der Waals surface area contributed by atoms with Gasteiger partial charge < -0.3 is 19.7 Å². The largest absolute Gasteiger partial charge is 0.480 e. The van der Waals surface area contributed by atoms with Gasteiger partial charge in [-0.05, 0) is 31.9 Å². The van der Waals surface area contributed by atoms with Gasteiger partial charge in [-0.25, -0.2) is 4.79 Å². The third kappa shape index (κ3) is 3.03. The van der Waals surface area contributed by atoms with E-state index in [1.54, 1.807) is 23.3 Å². The molecule has 1 aromatic rings. The van der Waals surface area contributed by atoms with Crippen molar-refractivity contribution in [1.29, 1.82) is 0 Å². The van der Waals surface area contributed by atoms with Crippen LogP contribution in [0.5, 0.6) is 0 Å². The third-order valence-electron chi connectivity index (χ3n) is 2.87. The fourth-order valence-corrected chi connectivity index (χ4v) is 1.65. The summed E-state index contributed by atoms with van der Waals surface area (Å²) in [4.78, 5) is 24.3. The van der Waals surface area contributed by atoms with Gasteiger partial charge in [0.1, 0.15) is 11.8 Å². The van der Waals surface area contributed by atoms with Gasteiger partial charge in [0.05, 0.1) is 12.8 Å². The van der Waals surface area contributed by atoms with E-state index >= 15 is 0 Å². The van der Waals surface area contributed by atoms with Gasteiger partial charge in [-0.3, -0.25) is 4.79 Å². The van der Waals surface area contributed by atoms with Crippen molar-refractivity contribution >= 4 is 12.0 Å². The van der Waals surface area contributed by atoms with E-state index in [-0.39, 0.29) is 12.1 Å². The Labute approximate surface area is 105 Å². The van der Waals surface area contributed by atoms with E-state index in [1.807, 2.05) is 0 Å². The first-order valence-corrected chi connectivity index (χ1v) is 5.90. The quantitative estimate of drug-likeness (QED) is 0.830. The van der Waals surface area contributed by atoms with Crippen LogP contribution in [0.1, 0.15) is 25.5 Å². The van der Waals surface area contributed by atoms with Crippen LogP contribution < -0.4 is 5.32 Å². The maximum Gasteiger partial charge on any atom is 0.325 e. The Hall–Kier alpha value is -1.98. The maximum atomic E-state index is 12.0. The molecule has 0 aliphatic heterocycles. The highest BCUT2D eigenvalue weighted by Gasteiger charge is 2.34. The zero-order valence-corrected chi connectivity index (χ0v) is 10.1. The molecule has 18 heavy (non-hydrogen) atoms. The molecule has 98 valence electrons. The highest BCUT2D eigenvalue weighted by molar-refractivity contribution is 5.82. The van der Waals surface area contributed by atoms with Crippen LogP contribution >= 0.6 is 0 Å². The highest BCUT2D eigenvalue weighted by Crippen LogP contribution is 2.28. The lowest BCUT2D eigenvalue weighted by Gasteiger charge is -2.23. The Bertz CT molecular complexity index is 425. The molecule has 1 atom stereocenters. The average molecular weight is 252 g/mol. The molecule has 1 aliphatic rings. The SMILES string of the molecule is C[C@H](NC(=O)N(Cc1ccco1)C1CC1)C(=O)O. The predicted molar refractivity (Wildman–Crippen MR) is 62.9 cm³/mol. The Kier molecular flexibility index (Phi) is 3.55. The monoisotopic (exact) mass is 252 g/mol. The minimum Gasteiger partial charge on any atom is -0.480 e. The van der Waals surface area contributed by atoms with E-state index in [1.165, 1.54) is 6.92 Å². The second-order valence-electron chi connectivity index (χ2n) is 4.45. The van der Waals surface area contributed by atoms with Crippen LogP contribution in [-0.4, -0.2) is 34.1 Å². The maximum absolute atomic E-state index is 12.0. The molecule has 1 aliphatic carbocycles. The van der Waals surface area contributed by atoms with Gasteiger partial charge in [0.2, 0.25) is 0 Å². The molecule has 0 saturated heterocycles. The first kappa shape index (κ1) is 12.5. The molecule has 2 N–H and O–H groups in total. The number of rotatable bonds is 5. The van der Waals surface area contributed by atoms with E-state index < -0.39 is 12.0 Å². The van der Waals surface area contributed by atoms with Crippen LogP contribution in [0.25, 0.3) is 0 Å². The number of amides is 2. The number of furan rings is 1. The number of carboxylic acid groups (broad SMARTS) is 1. The summed E-state index contributed by atoms with van der Waals surface area (Å²) in [7, 11) is 0. The third-order valence-corrected chi connectivity index (χ3v) is 2.87. The van der Waals surface area contributed by atoms with Crippen molar-refractivity contribution in [1.82, 2.24) is 10.2 Å². The van der Waals surface area contributed by atoms with Gasteiger partial charge in [0, 0.05) is 6.04 Å². The van der Waals surface area contributed by atoms with Crippen LogP contribution in [-0.2, 0) is 11.3 Å². The van der Waals surface area contributed by atoms with E-state index in [4.69, 9.17) is 9.52 Å². The van der Waals surface area contributed by atoms with Crippen LogP contribution in [0, 0.1) is 0 Å². The molecule has 6 heteroatoms. The Morgan fingerprint density at radius 1 is 1.61 bits per heavy atom. The number of aliphatic carboxylic acids is 1. The van der Waals surface area contributed by atoms with Gasteiger partial charge in [0.15, 0.2) is 0 Å². The second-order valence-corrected chi connectivity index (χ2v) is 4.45. The number of carboxylic acids is 1. The molecule has 2 amide bonds. The van der Waals surface area contributed by atoms with Crippen molar-refractivity contribution in [2.24, 2.45) is 0 Å². The fourth-order valence-electron chi connectivity index (χ4n) is 1.65. The van der Waals surface area contributed by atoms with E-state index in [0.717, 1.165) is 12.8 Å². The summed E-state index contributed by atoms with van der Waals surface area (Å²) < 4.78 is 5.21. The van der Waals surface area contributed by atoms with E-state index in [2.05, 4.69) is 5.32 Å². The Balaban J connectivity index is 1.97. The average Bonchev–Trinajstić information content (AvgIpc) is 3.03. The highest BCUT2D eigenvalue weighted by atomic mass is 16.4. The zero-order chi connectivity index (χ0) is 13.1. The summed E-state index contributed by atoms with van der Waals surface area (Å²) in [6, 6.07) is 2.50. The van der Waals surface area contributed by atoms with E-state index in [9.17, 15) is 9.59 Å². The summed E-state index contributed by atoms with van der Waals surface area (Å²) in [6.45, 7) is 1.81. The molecule has 0 bridgehead atoms. The lowest BCUT2D eigenvalue weighted by molar-refractivity contribution is -0.138. The first-order valence-electron chi connectivity index (χ1n) is 5.90. The van der Waals surface area contributed by atoms with Crippen LogP contribution in [0.15, 0.2) is 22.8 Å². The smallest absolute Gasteiger partial charge is 0.325 e. The van der Waals surface area contributed by atoms with Gasteiger partial charge in [-0.15, -0.1) is 0 Å². The molecule has 1 aromatic heterocycles. The lowest BCUT2D eigenvalue weighted by atomic mass is 10.3. The van der Waals surface area contributed by atoms with Crippen molar-refractivity contribution < 1.29 is 19.1 Å². The standard InChI is InChI=1S/C12H16N2O4/c1-8(11(15)16)13-12(17)14(9-4-5-9)7-10-3-2-6-18-10/h2-3,6,8-9H,4-5,7H2,1H3,(H,13,17)(H,15,16)/t8-/m0/s1. The molecular weight excluding hydrogens is 236 g/mol. The van der Waals surface area contributed by atoms with Gasteiger partial charge in [-0.2, -0.15) is 0 Å². The molecule has 0 spiro atoms. The minimum absolute atomic E-state index is 0.191. The number of carbonyl (C=O) groups excluding carboxylic acids is 1. The summed E-state index contributed by atoms with van der Waals surface area (Å²) in [5.74, 6) is -0.350. The van der Waals surface area contributed by atoms with Gasteiger partial charge in [-0.1, -0.05) is 0 Å². The normalized spacial score (nSPS) is 16.1. The molecule has 1 heterocycles. The van der Waals surface area contributed by atoms with Gasteiger partial charge in [0.25, 0.3) is 0 Å². The van der Waals surface area contributed by atoms with Crippen molar-refractivity contribution in [2.45, 2.75) is 38.4 Å². The summed E-state index contributed by atoms with van der Waals surface area (Å²) in [5, 5.41) is 11.2. The molecule has 0 unspecified atom stereocenters. The molecule has 0 radical (unpaired) electrons. The minimum atomic E-state index is -1.04. The predicted octanol–water partition coefficient (Wildman–Crippen LogP) is 1.43. The van der Waals surface area contributed by atoms with Gasteiger partial charge >= 0.3 is 12.0 Å². The van der Waals surface area contributed by atoms with Crippen LogP contribution in [0.3, 0.4) is 0 Å². The number of carbonyl (C=O) groups is 2. The number of nitrogens with zero attached hydrogens (tertiary/aromatic N) is 1. The van der Waals surface area contributed by atoms with E-state index in [0.29, 0.717) is 12.3 Å². The first-order chi connectivity index (χ1) is 8.58. The fraction of sp³-hybridized carbons (Fsp3) is 0.500. The Morgan fingerprint density at radius 2 is 2.33 bits per heavy atom. The number of hydrogen-bond donors (Lipinski definition) is 2. The molecule has 2 rings (SSSR count). The van der Waals surface area contributed by atoms with Crippen LogP contribution in [0.4, 0.5) is 4.79 Å². The van der Waals surface area contributed by atoms with Crippen molar-refractivity contribution in [2.75, 3.05) is 0 Å². The number of hydrogen-bond acceptors (Lipinski definition) is 3. The van der Waals surface area contributed by atoms with Crippen molar-refractivity contribution in [3.8, 4) is 0 Å². The lowest BCUT2D eigenvalue weighted by Crippen LogP contribution is -2.47. The summed E-state index contributed by atoms with van der Waals surface area (Å²) in [6.07, 6.45) is 3.46. The number of urea groups is 1. The molecule has 6 nitrogen and oxygen atoms in total. The van der Waals surface area contributed by atoms with Crippen LogP contribution in [0.2, 0.25) is 0 Å². The topological polar surface area (TPSA) is 82.8 Å². The second kappa shape index (κ2) is 5.12. The van der Waals surface area contributed by atoms with Crippen molar-refractivity contribution in [3.05, 3.63) is 24.2 Å². The molecular formula is C12H16N2O4. The molecule has 1 fully saturated rings.